The second kappa shape index (κ2) is 7.23. The Balaban J connectivity index is 1.60. The van der Waals surface area contributed by atoms with Crippen LogP contribution in [0.3, 0.4) is 0 Å². The summed E-state index contributed by atoms with van der Waals surface area (Å²) in [5.41, 5.74) is 3.17. The molecule has 1 atom stereocenters. The molecule has 0 unspecified atom stereocenters. The van der Waals surface area contributed by atoms with Gasteiger partial charge in [0.05, 0.1) is 18.3 Å². The molecule has 1 amide bonds. The van der Waals surface area contributed by atoms with Gasteiger partial charge in [0.1, 0.15) is 12.4 Å². The summed E-state index contributed by atoms with van der Waals surface area (Å²) < 4.78 is 16.2. The molecule has 0 saturated heterocycles. The fourth-order valence-electron chi connectivity index (χ4n) is 2.15. The van der Waals surface area contributed by atoms with Crippen molar-refractivity contribution in [1.82, 2.24) is 5.43 Å². The van der Waals surface area contributed by atoms with E-state index < -0.39 is 6.10 Å². The molecule has 0 spiro atoms. The number of para-hydroxylation sites is 2. The van der Waals surface area contributed by atoms with Crippen molar-refractivity contribution in [2.24, 2.45) is 5.10 Å². The molecule has 2 aromatic rings. The third-order valence-corrected chi connectivity index (χ3v) is 3.68. The molecule has 0 radical (unpaired) electrons. The first-order valence-electron chi connectivity index (χ1n) is 7.22. The number of amides is 1. The maximum absolute atomic E-state index is 12.1. The summed E-state index contributed by atoms with van der Waals surface area (Å²) >= 11 is 5.95. The van der Waals surface area contributed by atoms with Crippen LogP contribution in [-0.4, -0.2) is 31.9 Å². The Labute approximate surface area is 144 Å². The predicted octanol–water partition coefficient (Wildman–Crippen LogP) is 2.64. The van der Waals surface area contributed by atoms with Crippen LogP contribution in [0, 0.1) is 0 Å². The molecule has 124 valence electrons. The van der Waals surface area contributed by atoms with Crippen molar-refractivity contribution in [3.05, 3.63) is 53.1 Å². The highest BCUT2D eigenvalue weighted by Crippen LogP contribution is 2.30. The Morgan fingerprint density at radius 2 is 2.12 bits per heavy atom. The fourth-order valence-corrected chi connectivity index (χ4v) is 2.34. The molecule has 1 aliphatic heterocycles. The topological polar surface area (TPSA) is 69.2 Å². The molecule has 7 heteroatoms. The van der Waals surface area contributed by atoms with E-state index in [0.717, 1.165) is 5.56 Å². The van der Waals surface area contributed by atoms with Crippen LogP contribution >= 0.6 is 11.6 Å². The summed E-state index contributed by atoms with van der Waals surface area (Å²) in [5, 5.41) is 4.42. The first kappa shape index (κ1) is 16.1. The highest BCUT2D eigenvalue weighted by Gasteiger charge is 2.26. The van der Waals surface area contributed by atoms with E-state index in [1.54, 1.807) is 30.3 Å². The number of benzene rings is 2. The number of carbonyl (C=O) groups is 1. The lowest BCUT2D eigenvalue weighted by molar-refractivity contribution is -0.130. The largest absolute Gasteiger partial charge is 0.495 e. The molecule has 0 aromatic heterocycles. The van der Waals surface area contributed by atoms with Gasteiger partial charge in [-0.3, -0.25) is 4.79 Å². The molecular weight excluding hydrogens is 332 g/mol. The number of hydrazone groups is 1. The van der Waals surface area contributed by atoms with E-state index in [1.165, 1.54) is 13.3 Å². The predicted molar refractivity (Wildman–Crippen MR) is 90.1 cm³/mol. The average molecular weight is 347 g/mol. The van der Waals surface area contributed by atoms with Gasteiger partial charge in [0.2, 0.25) is 6.10 Å². The molecule has 2 aromatic carbocycles. The van der Waals surface area contributed by atoms with Gasteiger partial charge < -0.3 is 14.2 Å². The normalized spacial score (nSPS) is 16.0. The molecule has 1 aliphatic rings. The van der Waals surface area contributed by atoms with Crippen LogP contribution in [0.5, 0.6) is 17.2 Å². The third-order valence-electron chi connectivity index (χ3n) is 3.36. The van der Waals surface area contributed by atoms with E-state index in [4.69, 9.17) is 25.8 Å². The summed E-state index contributed by atoms with van der Waals surface area (Å²) in [7, 11) is 1.53. The highest BCUT2D eigenvalue weighted by atomic mass is 35.5. The fraction of sp³-hybridized carbons (Fsp3) is 0.176. The molecule has 0 bridgehead atoms. The maximum Gasteiger partial charge on any atom is 0.284 e. The zero-order valence-electron chi connectivity index (χ0n) is 12.9. The summed E-state index contributed by atoms with van der Waals surface area (Å²) in [6.07, 6.45) is 0.741. The van der Waals surface area contributed by atoms with Crippen LogP contribution in [0.1, 0.15) is 5.56 Å². The second-order valence-electron chi connectivity index (χ2n) is 4.99. The third kappa shape index (κ3) is 3.60. The second-order valence-corrected chi connectivity index (χ2v) is 5.40. The molecule has 0 fully saturated rings. The zero-order valence-corrected chi connectivity index (χ0v) is 13.6. The number of halogens is 1. The summed E-state index contributed by atoms with van der Waals surface area (Å²) in [4.78, 5) is 12.1. The van der Waals surface area contributed by atoms with Crippen molar-refractivity contribution in [1.29, 1.82) is 0 Å². The highest BCUT2D eigenvalue weighted by molar-refractivity contribution is 6.32. The summed E-state index contributed by atoms with van der Waals surface area (Å²) in [6, 6.07) is 12.4. The lowest BCUT2D eigenvalue weighted by atomic mass is 10.2. The molecular formula is C17H15ClN2O4. The quantitative estimate of drug-likeness (QED) is 0.682. The van der Waals surface area contributed by atoms with Crippen molar-refractivity contribution in [2.75, 3.05) is 13.7 Å². The van der Waals surface area contributed by atoms with Gasteiger partial charge >= 0.3 is 0 Å². The Hall–Kier alpha value is -2.73. The lowest BCUT2D eigenvalue weighted by Crippen LogP contribution is -2.42. The van der Waals surface area contributed by atoms with Gasteiger partial charge in [-0.2, -0.15) is 5.10 Å². The monoisotopic (exact) mass is 346 g/mol. The molecule has 1 N–H and O–H groups in total. The van der Waals surface area contributed by atoms with Gasteiger partial charge in [0.25, 0.3) is 5.91 Å². The van der Waals surface area contributed by atoms with E-state index in [1.807, 2.05) is 12.1 Å². The average Bonchev–Trinajstić information content (AvgIpc) is 2.62. The number of hydrogen-bond acceptors (Lipinski definition) is 5. The number of nitrogens with one attached hydrogen (secondary N) is 1. The SMILES string of the molecule is COc1cc(/C=N\NC(=O)[C@H]2COc3ccccc3O2)ccc1Cl. The van der Waals surface area contributed by atoms with E-state index >= 15 is 0 Å². The number of fused-ring (bicyclic) bond motifs is 1. The minimum Gasteiger partial charge on any atom is -0.495 e. The van der Waals surface area contributed by atoms with Crippen molar-refractivity contribution >= 4 is 23.7 Å². The van der Waals surface area contributed by atoms with Gasteiger partial charge in [0.15, 0.2) is 11.5 Å². The van der Waals surface area contributed by atoms with Gasteiger partial charge in [-0.1, -0.05) is 29.8 Å². The van der Waals surface area contributed by atoms with Crippen molar-refractivity contribution < 1.29 is 19.0 Å². The molecule has 1 heterocycles. The Bertz CT molecular complexity index is 779. The van der Waals surface area contributed by atoms with Crippen LogP contribution in [0.25, 0.3) is 0 Å². The van der Waals surface area contributed by atoms with Gasteiger partial charge in [-0.15, -0.1) is 0 Å². The summed E-state index contributed by atoms with van der Waals surface area (Å²) in [5.74, 6) is 1.31. The van der Waals surface area contributed by atoms with Crippen LogP contribution in [0.15, 0.2) is 47.6 Å². The molecule has 3 rings (SSSR count). The maximum atomic E-state index is 12.1. The zero-order chi connectivity index (χ0) is 16.9. The minimum atomic E-state index is -0.753. The number of methoxy groups -OCH3 is 1. The van der Waals surface area contributed by atoms with E-state index in [2.05, 4.69) is 10.5 Å². The Kier molecular flexibility index (Phi) is 4.86. The van der Waals surface area contributed by atoms with Gasteiger partial charge in [0, 0.05) is 0 Å². The molecule has 0 saturated carbocycles. The Morgan fingerprint density at radius 3 is 2.92 bits per heavy atom. The van der Waals surface area contributed by atoms with Gasteiger partial charge in [-0.05, 0) is 29.8 Å². The van der Waals surface area contributed by atoms with E-state index in [9.17, 15) is 4.79 Å². The van der Waals surface area contributed by atoms with Crippen LogP contribution in [0.4, 0.5) is 0 Å². The lowest BCUT2D eigenvalue weighted by Gasteiger charge is -2.24. The van der Waals surface area contributed by atoms with Crippen LogP contribution in [-0.2, 0) is 4.79 Å². The van der Waals surface area contributed by atoms with E-state index in [-0.39, 0.29) is 12.5 Å². The number of hydrogen-bond donors (Lipinski definition) is 1. The smallest absolute Gasteiger partial charge is 0.284 e. The summed E-state index contributed by atoms with van der Waals surface area (Å²) in [6.45, 7) is 0.132. The standard InChI is InChI=1S/C17H15ClN2O4/c1-22-15-8-11(6-7-12(15)18)9-19-20-17(21)16-10-23-13-4-2-3-5-14(13)24-16/h2-9,16H,10H2,1H3,(H,20,21)/b19-9-/t16-/m1/s1. The molecule has 6 nitrogen and oxygen atoms in total. The first-order chi connectivity index (χ1) is 11.7. The van der Waals surface area contributed by atoms with E-state index in [0.29, 0.717) is 22.3 Å². The number of rotatable bonds is 4. The van der Waals surface area contributed by atoms with Crippen molar-refractivity contribution in [3.63, 3.8) is 0 Å². The van der Waals surface area contributed by atoms with Crippen LogP contribution < -0.4 is 19.6 Å². The first-order valence-corrected chi connectivity index (χ1v) is 7.60. The van der Waals surface area contributed by atoms with Crippen molar-refractivity contribution in [3.8, 4) is 17.2 Å². The number of ether oxygens (including phenoxy) is 3. The molecule has 0 aliphatic carbocycles. The number of carbonyl (C=O) groups excluding carboxylic acids is 1. The van der Waals surface area contributed by atoms with Gasteiger partial charge in [-0.25, -0.2) is 5.43 Å². The minimum absolute atomic E-state index is 0.132. The van der Waals surface area contributed by atoms with Crippen LogP contribution in [0.2, 0.25) is 5.02 Å². The number of nitrogens with zero attached hydrogens (tertiary/aromatic N) is 1. The van der Waals surface area contributed by atoms with Crippen molar-refractivity contribution in [2.45, 2.75) is 6.10 Å². The Morgan fingerprint density at radius 1 is 1.33 bits per heavy atom. The molecule has 24 heavy (non-hydrogen) atoms.